The van der Waals surface area contributed by atoms with E-state index in [9.17, 15) is 9.18 Å². The Morgan fingerprint density at radius 3 is 2.52 bits per heavy atom. The third-order valence-electron chi connectivity index (χ3n) is 4.52. The molecule has 4 rings (SSSR count). The molecule has 3 N–H and O–H groups in total. The van der Waals surface area contributed by atoms with Gasteiger partial charge in [0.25, 0.3) is 5.91 Å². The molecule has 160 valence electrons. The molecule has 2 heterocycles. The summed E-state index contributed by atoms with van der Waals surface area (Å²) in [7, 11) is 3.09. The second kappa shape index (κ2) is 8.34. The number of hydrogen-bond acceptors (Lipinski definition) is 8. The molecule has 1 aliphatic heterocycles. The maximum atomic E-state index is 14.3. The van der Waals surface area contributed by atoms with Crippen LogP contribution in [-0.2, 0) is 4.79 Å². The Morgan fingerprint density at radius 1 is 1.06 bits per heavy atom. The van der Waals surface area contributed by atoms with Crippen molar-refractivity contribution in [3.63, 3.8) is 0 Å². The summed E-state index contributed by atoms with van der Waals surface area (Å²) in [4.78, 5) is 20.0. The second-order valence-corrected chi connectivity index (χ2v) is 6.70. The smallest absolute Gasteiger partial charge is 0.265 e. The lowest BCUT2D eigenvalue weighted by Gasteiger charge is -2.23. The van der Waals surface area contributed by atoms with Crippen LogP contribution in [0.1, 0.15) is 6.92 Å². The number of aromatic nitrogens is 2. The fraction of sp³-hybridized carbons (Fsp3) is 0.190. The summed E-state index contributed by atoms with van der Waals surface area (Å²) < 4.78 is 30.3. The van der Waals surface area contributed by atoms with Gasteiger partial charge in [-0.25, -0.2) is 9.37 Å². The predicted molar refractivity (Wildman–Crippen MR) is 113 cm³/mol. The van der Waals surface area contributed by atoms with E-state index in [0.717, 1.165) is 6.20 Å². The molecular weight excluding hydrogens is 405 g/mol. The van der Waals surface area contributed by atoms with Gasteiger partial charge in [-0.15, -0.1) is 0 Å². The molecule has 0 spiro atoms. The molecule has 0 saturated carbocycles. The number of nitrogens with zero attached hydrogens (tertiary/aromatic N) is 2. The quantitative estimate of drug-likeness (QED) is 0.547. The van der Waals surface area contributed by atoms with Gasteiger partial charge in [-0.05, 0) is 25.1 Å². The van der Waals surface area contributed by atoms with Crippen molar-refractivity contribution in [2.45, 2.75) is 13.0 Å². The van der Waals surface area contributed by atoms with Gasteiger partial charge in [-0.2, -0.15) is 4.98 Å². The van der Waals surface area contributed by atoms with Crippen molar-refractivity contribution >= 4 is 34.7 Å². The van der Waals surface area contributed by atoms with Gasteiger partial charge in [0.05, 0.1) is 26.1 Å². The highest BCUT2D eigenvalue weighted by atomic mass is 19.1. The zero-order chi connectivity index (χ0) is 22.0. The Labute approximate surface area is 177 Å². The molecule has 0 saturated heterocycles. The van der Waals surface area contributed by atoms with Crippen molar-refractivity contribution in [2.24, 2.45) is 0 Å². The molecule has 0 radical (unpaired) electrons. The van der Waals surface area contributed by atoms with Gasteiger partial charge in [-0.1, -0.05) is 0 Å². The highest BCUT2D eigenvalue weighted by Crippen LogP contribution is 2.33. The highest BCUT2D eigenvalue weighted by molar-refractivity contribution is 5.98. The largest absolute Gasteiger partial charge is 0.497 e. The van der Waals surface area contributed by atoms with E-state index in [1.54, 1.807) is 57.5 Å². The number of rotatable bonds is 6. The molecule has 10 heteroatoms. The number of nitrogens with one attached hydrogen (secondary N) is 3. The first-order valence-electron chi connectivity index (χ1n) is 9.36. The van der Waals surface area contributed by atoms with E-state index in [1.807, 2.05) is 0 Å². The monoisotopic (exact) mass is 425 g/mol. The number of carbonyl (C=O) groups is 1. The van der Waals surface area contributed by atoms with Gasteiger partial charge >= 0.3 is 0 Å². The summed E-state index contributed by atoms with van der Waals surface area (Å²) in [6.45, 7) is 1.66. The lowest BCUT2D eigenvalue weighted by molar-refractivity contribution is -0.122. The van der Waals surface area contributed by atoms with Crippen LogP contribution in [0.5, 0.6) is 17.2 Å². The third-order valence-corrected chi connectivity index (χ3v) is 4.52. The van der Waals surface area contributed by atoms with E-state index in [1.165, 1.54) is 0 Å². The Hall–Kier alpha value is -4.08. The molecular formula is C21H20FN5O4. The predicted octanol–water partition coefficient (Wildman–Crippen LogP) is 3.84. The minimum Gasteiger partial charge on any atom is -0.497 e. The van der Waals surface area contributed by atoms with E-state index in [0.29, 0.717) is 34.3 Å². The van der Waals surface area contributed by atoms with Crippen LogP contribution in [0.2, 0.25) is 0 Å². The van der Waals surface area contributed by atoms with E-state index >= 15 is 0 Å². The molecule has 0 aliphatic carbocycles. The average Bonchev–Trinajstić information content (AvgIpc) is 2.76. The fourth-order valence-corrected chi connectivity index (χ4v) is 2.95. The second-order valence-electron chi connectivity index (χ2n) is 6.70. The van der Waals surface area contributed by atoms with Crippen LogP contribution < -0.4 is 30.2 Å². The van der Waals surface area contributed by atoms with Gasteiger partial charge < -0.3 is 30.2 Å². The van der Waals surface area contributed by atoms with Gasteiger partial charge in [0.2, 0.25) is 5.95 Å². The van der Waals surface area contributed by atoms with E-state index < -0.39 is 11.9 Å². The number of fused-ring (bicyclic) bond motifs is 1. The molecule has 1 aromatic heterocycles. The SMILES string of the molecule is COc1cc(Nc2ncc(F)c(Nc3ccc4c(c3)NC(=O)[C@@H](C)O4)n2)cc(OC)c1. The lowest BCUT2D eigenvalue weighted by Crippen LogP contribution is -2.34. The van der Waals surface area contributed by atoms with Crippen molar-refractivity contribution in [3.8, 4) is 17.2 Å². The molecule has 0 fully saturated rings. The fourth-order valence-electron chi connectivity index (χ4n) is 2.95. The van der Waals surface area contributed by atoms with Gasteiger partial charge in [0.15, 0.2) is 17.7 Å². The number of halogens is 1. The van der Waals surface area contributed by atoms with E-state index in [-0.39, 0.29) is 17.7 Å². The number of anilines is 5. The van der Waals surface area contributed by atoms with Crippen molar-refractivity contribution in [1.29, 1.82) is 0 Å². The molecule has 31 heavy (non-hydrogen) atoms. The molecule has 0 unspecified atom stereocenters. The third kappa shape index (κ3) is 4.42. The molecule has 1 amide bonds. The minimum absolute atomic E-state index is 0.0382. The van der Waals surface area contributed by atoms with Crippen LogP contribution in [0.3, 0.4) is 0 Å². The van der Waals surface area contributed by atoms with Crippen molar-refractivity contribution in [3.05, 3.63) is 48.4 Å². The van der Waals surface area contributed by atoms with Crippen LogP contribution in [0, 0.1) is 5.82 Å². The first kappa shape index (κ1) is 20.2. The molecule has 1 aliphatic rings. The number of ether oxygens (including phenoxy) is 3. The van der Waals surface area contributed by atoms with Gasteiger partial charge in [-0.3, -0.25) is 4.79 Å². The van der Waals surface area contributed by atoms with Crippen molar-refractivity contribution in [2.75, 3.05) is 30.2 Å². The Morgan fingerprint density at radius 2 is 1.81 bits per heavy atom. The topological polar surface area (TPSA) is 107 Å². The zero-order valence-electron chi connectivity index (χ0n) is 17.0. The van der Waals surface area contributed by atoms with E-state index in [4.69, 9.17) is 14.2 Å². The van der Waals surface area contributed by atoms with Gasteiger partial charge in [0, 0.05) is 29.6 Å². The number of hydrogen-bond donors (Lipinski definition) is 3. The first-order valence-corrected chi connectivity index (χ1v) is 9.36. The molecule has 0 bridgehead atoms. The van der Waals surface area contributed by atoms with E-state index in [2.05, 4.69) is 25.9 Å². The number of amides is 1. The zero-order valence-corrected chi connectivity index (χ0v) is 17.0. The molecule has 1 atom stereocenters. The lowest BCUT2D eigenvalue weighted by atomic mass is 10.2. The highest BCUT2D eigenvalue weighted by Gasteiger charge is 2.23. The van der Waals surface area contributed by atoms with Crippen LogP contribution in [0.15, 0.2) is 42.6 Å². The Bertz CT molecular complexity index is 1120. The maximum Gasteiger partial charge on any atom is 0.265 e. The van der Waals surface area contributed by atoms with Crippen LogP contribution in [0.4, 0.5) is 33.2 Å². The number of methoxy groups -OCH3 is 2. The number of carbonyl (C=O) groups excluding carboxylic acids is 1. The maximum absolute atomic E-state index is 14.3. The summed E-state index contributed by atoms with van der Waals surface area (Å²) in [6, 6.07) is 10.2. The van der Waals surface area contributed by atoms with Crippen LogP contribution in [-0.4, -0.2) is 36.2 Å². The molecule has 2 aromatic carbocycles. The molecule has 9 nitrogen and oxygen atoms in total. The Balaban J connectivity index is 1.57. The summed E-state index contributed by atoms with van der Waals surface area (Å²) in [5, 5.41) is 8.65. The first-order chi connectivity index (χ1) is 14.9. The van der Waals surface area contributed by atoms with Gasteiger partial charge in [0.1, 0.15) is 17.2 Å². The van der Waals surface area contributed by atoms with Crippen molar-refractivity contribution < 1.29 is 23.4 Å². The summed E-state index contributed by atoms with van der Waals surface area (Å²) >= 11 is 0. The Kier molecular flexibility index (Phi) is 5.44. The summed E-state index contributed by atoms with van der Waals surface area (Å²) in [5.74, 6) is 0.935. The standard InChI is InChI=1S/C21H20FN5O4/c1-11-20(28)26-17-8-12(4-5-18(17)31-11)24-19-16(22)10-23-21(27-19)25-13-6-14(29-2)9-15(7-13)30-3/h4-11H,1-3H3,(H,26,28)(H2,23,24,25,27)/t11-/m1/s1. The normalized spacial score (nSPS) is 14.7. The minimum atomic E-state index is -0.639. The van der Waals surface area contributed by atoms with Crippen LogP contribution in [0.25, 0.3) is 0 Å². The van der Waals surface area contributed by atoms with Crippen LogP contribution >= 0.6 is 0 Å². The van der Waals surface area contributed by atoms with Crippen molar-refractivity contribution in [1.82, 2.24) is 9.97 Å². The summed E-state index contributed by atoms with van der Waals surface area (Å²) in [6.07, 6.45) is 0.481. The molecule has 3 aromatic rings. The summed E-state index contributed by atoms with van der Waals surface area (Å²) in [5.41, 5.74) is 1.62. The number of benzene rings is 2. The average molecular weight is 425 g/mol.